The van der Waals surface area contributed by atoms with E-state index in [1.165, 1.54) is 0 Å². The SMILES string of the molecule is O=C1NCCn2nc(-c3ccnc(-c4cnc5ccccc5c4)c3)cc21. The van der Waals surface area contributed by atoms with Crippen LogP contribution < -0.4 is 5.32 Å². The van der Waals surface area contributed by atoms with E-state index >= 15 is 0 Å². The molecular formula is C20H15N5O. The molecule has 1 amide bonds. The maximum Gasteiger partial charge on any atom is 0.269 e. The minimum atomic E-state index is -0.0805. The first-order chi connectivity index (χ1) is 12.8. The Balaban J connectivity index is 1.57. The lowest BCUT2D eigenvalue weighted by Crippen LogP contribution is -2.35. The van der Waals surface area contributed by atoms with Crippen molar-refractivity contribution in [2.24, 2.45) is 0 Å². The predicted octanol–water partition coefficient (Wildman–Crippen LogP) is 2.90. The van der Waals surface area contributed by atoms with E-state index < -0.39 is 0 Å². The maximum atomic E-state index is 12.0. The third kappa shape index (κ3) is 2.43. The Bertz CT molecular complexity index is 1150. The van der Waals surface area contributed by atoms with Gasteiger partial charge in [0.25, 0.3) is 5.91 Å². The standard InChI is InChI=1S/C20H15N5O/c26-20-19-11-18(24-25(19)8-7-22-20)14-5-6-21-17(10-14)15-9-13-3-1-2-4-16(13)23-12-15/h1-6,9-12H,7-8H2,(H,22,26). The summed E-state index contributed by atoms with van der Waals surface area (Å²) in [6, 6.07) is 15.8. The van der Waals surface area contributed by atoms with E-state index in [1.54, 1.807) is 10.9 Å². The maximum absolute atomic E-state index is 12.0. The van der Waals surface area contributed by atoms with Gasteiger partial charge in [-0.15, -0.1) is 0 Å². The fourth-order valence-corrected chi connectivity index (χ4v) is 3.24. The first-order valence-electron chi connectivity index (χ1n) is 8.45. The van der Waals surface area contributed by atoms with Gasteiger partial charge in [-0.1, -0.05) is 18.2 Å². The van der Waals surface area contributed by atoms with E-state index in [0.717, 1.165) is 33.4 Å². The van der Waals surface area contributed by atoms with Crippen LogP contribution in [0.3, 0.4) is 0 Å². The van der Waals surface area contributed by atoms with Crippen LogP contribution in [0.15, 0.2) is 60.9 Å². The fraction of sp³-hybridized carbons (Fsp3) is 0.100. The van der Waals surface area contributed by atoms with Gasteiger partial charge in [-0.05, 0) is 30.3 Å². The molecule has 0 spiro atoms. The molecule has 1 aromatic carbocycles. The highest BCUT2D eigenvalue weighted by atomic mass is 16.2. The molecule has 3 aromatic heterocycles. The number of fused-ring (bicyclic) bond motifs is 2. The van der Waals surface area contributed by atoms with E-state index in [4.69, 9.17) is 0 Å². The summed E-state index contributed by atoms with van der Waals surface area (Å²) in [5, 5.41) is 8.48. The van der Waals surface area contributed by atoms with E-state index in [-0.39, 0.29) is 5.91 Å². The number of hydrogen-bond donors (Lipinski definition) is 1. The van der Waals surface area contributed by atoms with Crippen molar-refractivity contribution in [3.8, 4) is 22.5 Å². The van der Waals surface area contributed by atoms with Crippen LogP contribution in [0.25, 0.3) is 33.4 Å². The van der Waals surface area contributed by atoms with Gasteiger partial charge in [0.15, 0.2) is 0 Å². The average Bonchev–Trinajstić information content (AvgIpc) is 3.14. The summed E-state index contributed by atoms with van der Waals surface area (Å²) in [7, 11) is 0. The number of para-hydroxylation sites is 1. The highest BCUT2D eigenvalue weighted by Gasteiger charge is 2.20. The topological polar surface area (TPSA) is 72.7 Å². The third-order valence-electron chi connectivity index (χ3n) is 4.56. The molecule has 0 saturated carbocycles. The van der Waals surface area contributed by atoms with Crippen molar-refractivity contribution < 1.29 is 4.79 Å². The second-order valence-corrected chi connectivity index (χ2v) is 6.24. The lowest BCUT2D eigenvalue weighted by molar-refractivity contribution is 0.0924. The Morgan fingerprint density at radius 1 is 0.962 bits per heavy atom. The van der Waals surface area contributed by atoms with E-state index in [0.29, 0.717) is 18.8 Å². The Labute approximate surface area is 149 Å². The number of carbonyl (C=O) groups is 1. The summed E-state index contributed by atoms with van der Waals surface area (Å²) in [5.41, 5.74) is 5.04. The molecule has 0 bridgehead atoms. The minimum absolute atomic E-state index is 0.0805. The molecule has 1 N–H and O–H groups in total. The zero-order valence-corrected chi connectivity index (χ0v) is 13.9. The second kappa shape index (κ2) is 5.77. The van der Waals surface area contributed by atoms with Gasteiger partial charge in [-0.3, -0.25) is 19.4 Å². The zero-order valence-electron chi connectivity index (χ0n) is 13.9. The molecule has 126 valence electrons. The Morgan fingerprint density at radius 3 is 2.81 bits per heavy atom. The number of benzene rings is 1. The summed E-state index contributed by atoms with van der Waals surface area (Å²) in [6.45, 7) is 1.30. The summed E-state index contributed by atoms with van der Waals surface area (Å²) in [5.74, 6) is -0.0805. The predicted molar refractivity (Wildman–Crippen MR) is 98.5 cm³/mol. The van der Waals surface area contributed by atoms with Crippen molar-refractivity contribution >= 4 is 16.8 Å². The molecular weight excluding hydrogens is 326 g/mol. The Morgan fingerprint density at radius 2 is 1.88 bits per heavy atom. The number of rotatable bonds is 2. The number of nitrogens with one attached hydrogen (secondary N) is 1. The number of pyridine rings is 2. The van der Waals surface area contributed by atoms with Crippen molar-refractivity contribution in [2.45, 2.75) is 6.54 Å². The molecule has 1 aliphatic rings. The normalized spacial score (nSPS) is 13.5. The smallest absolute Gasteiger partial charge is 0.269 e. The summed E-state index contributed by atoms with van der Waals surface area (Å²) in [4.78, 5) is 20.9. The molecule has 0 atom stereocenters. The molecule has 6 nitrogen and oxygen atoms in total. The number of aromatic nitrogens is 4. The zero-order chi connectivity index (χ0) is 17.5. The van der Waals surface area contributed by atoms with E-state index in [9.17, 15) is 4.79 Å². The number of nitrogens with zero attached hydrogens (tertiary/aromatic N) is 4. The summed E-state index contributed by atoms with van der Waals surface area (Å²) >= 11 is 0. The number of hydrogen-bond acceptors (Lipinski definition) is 4. The molecule has 0 fully saturated rings. The molecule has 4 heterocycles. The average molecular weight is 341 g/mol. The van der Waals surface area contributed by atoms with Gasteiger partial charge in [0, 0.05) is 35.5 Å². The van der Waals surface area contributed by atoms with Crippen molar-refractivity contribution in [1.29, 1.82) is 0 Å². The minimum Gasteiger partial charge on any atom is -0.349 e. The van der Waals surface area contributed by atoms with Gasteiger partial charge in [0.05, 0.1) is 23.4 Å². The van der Waals surface area contributed by atoms with E-state index in [1.807, 2.05) is 48.7 Å². The molecule has 0 saturated heterocycles. The Kier molecular flexibility index (Phi) is 3.28. The van der Waals surface area contributed by atoms with Crippen LogP contribution in [-0.2, 0) is 6.54 Å². The summed E-state index contributed by atoms with van der Waals surface area (Å²) in [6.07, 6.45) is 3.60. The van der Waals surface area contributed by atoms with Crippen molar-refractivity contribution in [2.75, 3.05) is 6.54 Å². The van der Waals surface area contributed by atoms with Crippen LogP contribution in [0, 0.1) is 0 Å². The van der Waals surface area contributed by atoms with Crippen LogP contribution in [-0.4, -0.2) is 32.2 Å². The molecule has 0 radical (unpaired) electrons. The molecule has 6 heteroatoms. The monoisotopic (exact) mass is 341 g/mol. The fourth-order valence-electron chi connectivity index (χ4n) is 3.24. The quantitative estimate of drug-likeness (QED) is 0.608. The van der Waals surface area contributed by atoms with Crippen molar-refractivity contribution in [3.05, 3.63) is 66.6 Å². The largest absolute Gasteiger partial charge is 0.349 e. The van der Waals surface area contributed by atoms with Crippen LogP contribution in [0.2, 0.25) is 0 Å². The molecule has 26 heavy (non-hydrogen) atoms. The third-order valence-corrected chi connectivity index (χ3v) is 4.56. The first kappa shape index (κ1) is 14.8. The molecule has 0 unspecified atom stereocenters. The van der Waals surface area contributed by atoms with Gasteiger partial charge in [-0.25, -0.2) is 0 Å². The van der Waals surface area contributed by atoms with Gasteiger partial charge in [0.2, 0.25) is 0 Å². The van der Waals surface area contributed by atoms with Crippen molar-refractivity contribution in [3.63, 3.8) is 0 Å². The highest BCUT2D eigenvalue weighted by Crippen LogP contribution is 2.26. The molecule has 0 aliphatic carbocycles. The number of carbonyl (C=O) groups excluding carboxylic acids is 1. The van der Waals surface area contributed by atoms with Gasteiger partial charge in [-0.2, -0.15) is 5.10 Å². The second-order valence-electron chi connectivity index (χ2n) is 6.24. The molecule has 1 aliphatic heterocycles. The van der Waals surface area contributed by atoms with Crippen LogP contribution in [0.1, 0.15) is 10.5 Å². The van der Waals surface area contributed by atoms with E-state index in [2.05, 4.69) is 26.4 Å². The summed E-state index contributed by atoms with van der Waals surface area (Å²) < 4.78 is 1.76. The van der Waals surface area contributed by atoms with Crippen LogP contribution in [0.4, 0.5) is 0 Å². The molecule has 5 rings (SSSR count). The highest BCUT2D eigenvalue weighted by molar-refractivity contribution is 5.94. The van der Waals surface area contributed by atoms with Gasteiger partial charge >= 0.3 is 0 Å². The first-order valence-corrected chi connectivity index (χ1v) is 8.45. The van der Waals surface area contributed by atoms with Crippen LogP contribution >= 0.6 is 0 Å². The van der Waals surface area contributed by atoms with Crippen molar-refractivity contribution in [1.82, 2.24) is 25.1 Å². The lowest BCUT2D eigenvalue weighted by Gasteiger charge is -2.13. The number of amides is 1. The lowest BCUT2D eigenvalue weighted by atomic mass is 10.1. The Hall–Kier alpha value is -3.54. The van der Waals surface area contributed by atoms with Gasteiger partial charge < -0.3 is 5.32 Å². The van der Waals surface area contributed by atoms with Crippen LogP contribution in [0.5, 0.6) is 0 Å². The molecule has 4 aromatic rings. The van der Waals surface area contributed by atoms with Gasteiger partial charge in [0.1, 0.15) is 5.69 Å².